The van der Waals surface area contributed by atoms with Gasteiger partial charge in [0.2, 0.25) is 0 Å². The molecular weight excluding hydrogens is 556 g/mol. The first kappa shape index (κ1) is 31.7. The molecule has 0 spiro atoms. The number of benzene rings is 3. The fourth-order valence-electron chi connectivity index (χ4n) is 4.16. The number of aryl methyl sites for hydroxylation is 1. The number of rotatable bonds is 15. The molecular formula is C35H36N4O5. The van der Waals surface area contributed by atoms with Crippen molar-refractivity contribution in [1.29, 1.82) is 0 Å². The van der Waals surface area contributed by atoms with Crippen LogP contribution in [-0.4, -0.2) is 25.2 Å². The Morgan fingerprint density at radius 2 is 1.55 bits per heavy atom. The maximum atomic E-state index is 12.6. The summed E-state index contributed by atoms with van der Waals surface area (Å²) in [5.74, 6) is 0.465. The Hall–Kier alpha value is -5.18. The van der Waals surface area contributed by atoms with Crippen molar-refractivity contribution in [3.8, 4) is 5.75 Å². The van der Waals surface area contributed by atoms with E-state index in [1.54, 1.807) is 30.3 Å². The lowest BCUT2D eigenvalue weighted by Gasteiger charge is -2.12. The van der Waals surface area contributed by atoms with E-state index < -0.39 is 11.9 Å². The van der Waals surface area contributed by atoms with Crippen LogP contribution in [0.25, 0.3) is 0 Å². The zero-order valence-electron chi connectivity index (χ0n) is 24.9. The molecule has 0 saturated heterocycles. The molecule has 0 fully saturated rings. The summed E-state index contributed by atoms with van der Waals surface area (Å²) in [5, 5.41) is 17.3. The van der Waals surface area contributed by atoms with E-state index in [4.69, 9.17) is 14.2 Å². The summed E-state index contributed by atoms with van der Waals surface area (Å²) in [4.78, 5) is 23.6. The number of ether oxygens (including phenoxy) is 3. The number of azo groups is 2. The van der Waals surface area contributed by atoms with Crippen molar-refractivity contribution in [3.63, 3.8) is 0 Å². The van der Waals surface area contributed by atoms with Crippen molar-refractivity contribution in [2.75, 3.05) is 13.2 Å². The monoisotopic (exact) mass is 592 g/mol. The summed E-state index contributed by atoms with van der Waals surface area (Å²) in [6.07, 6.45) is 9.52. The van der Waals surface area contributed by atoms with Crippen molar-refractivity contribution < 1.29 is 23.8 Å². The van der Waals surface area contributed by atoms with Gasteiger partial charge < -0.3 is 14.2 Å². The lowest BCUT2D eigenvalue weighted by Crippen LogP contribution is -2.07. The second-order valence-corrected chi connectivity index (χ2v) is 10.0. The molecule has 0 saturated carbocycles. The smallest absolute Gasteiger partial charge is 0.343 e. The molecule has 0 radical (unpaired) electrons. The fourth-order valence-corrected chi connectivity index (χ4v) is 4.16. The quantitative estimate of drug-likeness (QED) is 0.0755. The average Bonchev–Trinajstić information content (AvgIpc) is 3.05. The van der Waals surface area contributed by atoms with Gasteiger partial charge in [-0.3, -0.25) is 0 Å². The van der Waals surface area contributed by atoms with Crippen LogP contribution >= 0.6 is 0 Å². The second-order valence-electron chi connectivity index (χ2n) is 10.0. The second kappa shape index (κ2) is 17.1. The maximum absolute atomic E-state index is 12.6. The summed E-state index contributed by atoms with van der Waals surface area (Å²) in [6, 6.07) is 22.1. The largest absolute Gasteiger partial charge is 0.494 e. The third-order valence-corrected chi connectivity index (χ3v) is 6.63. The molecule has 0 amide bonds. The predicted octanol–water partition coefficient (Wildman–Crippen LogP) is 9.58. The van der Waals surface area contributed by atoms with E-state index in [2.05, 4.69) is 27.0 Å². The van der Waals surface area contributed by atoms with Gasteiger partial charge in [-0.2, -0.15) is 20.5 Å². The van der Waals surface area contributed by atoms with Gasteiger partial charge in [0.25, 0.3) is 0 Å². The van der Waals surface area contributed by atoms with Gasteiger partial charge in [0, 0.05) is 12.5 Å². The van der Waals surface area contributed by atoms with Crippen LogP contribution in [0.3, 0.4) is 0 Å². The molecule has 0 bridgehead atoms. The normalized spacial score (nSPS) is 12.9. The minimum absolute atomic E-state index is 0.390. The van der Waals surface area contributed by atoms with Gasteiger partial charge in [0.1, 0.15) is 11.5 Å². The van der Waals surface area contributed by atoms with Gasteiger partial charge in [0.05, 0.1) is 41.5 Å². The molecule has 4 rings (SSSR count). The molecule has 0 N–H and O–H groups in total. The van der Waals surface area contributed by atoms with Gasteiger partial charge in [-0.1, -0.05) is 24.8 Å². The van der Waals surface area contributed by atoms with Gasteiger partial charge in [-0.05, 0) is 111 Å². The molecule has 9 heteroatoms. The third-order valence-electron chi connectivity index (χ3n) is 6.63. The number of unbranched alkanes of at least 4 members (excludes halogenated alkanes) is 3. The molecule has 44 heavy (non-hydrogen) atoms. The van der Waals surface area contributed by atoms with E-state index in [1.807, 2.05) is 61.5 Å². The zero-order valence-corrected chi connectivity index (χ0v) is 24.9. The lowest BCUT2D eigenvalue weighted by molar-refractivity contribution is -0.137. The highest BCUT2D eigenvalue weighted by Crippen LogP contribution is 2.28. The SMILES string of the molecule is C=CC(=O)OCCCCCCOc1ccc(C(=O)OC2=CC=C(N=Nc3ccc(N=Nc4ccccc4)cc3C)CC2)cc1. The Balaban J connectivity index is 1.19. The van der Waals surface area contributed by atoms with Crippen molar-refractivity contribution in [3.05, 3.63) is 120 Å². The first-order chi connectivity index (χ1) is 21.5. The van der Waals surface area contributed by atoms with Crippen LogP contribution in [0.1, 0.15) is 54.4 Å². The number of nitrogens with zero attached hydrogens (tertiary/aromatic N) is 4. The molecule has 0 unspecified atom stereocenters. The summed E-state index contributed by atoms with van der Waals surface area (Å²) >= 11 is 0. The first-order valence-electron chi connectivity index (χ1n) is 14.6. The Labute approximate surface area is 257 Å². The van der Waals surface area contributed by atoms with E-state index >= 15 is 0 Å². The molecule has 0 atom stereocenters. The molecule has 226 valence electrons. The fraction of sp³-hybridized carbons (Fsp3) is 0.257. The number of carbonyl (C=O) groups excluding carboxylic acids is 2. The topological polar surface area (TPSA) is 111 Å². The van der Waals surface area contributed by atoms with Crippen molar-refractivity contribution in [1.82, 2.24) is 0 Å². The summed E-state index contributed by atoms with van der Waals surface area (Å²) in [7, 11) is 0. The number of hydrogen-bond acceptors (Lipinski definition) is 9. The molecule has 9 nitrogen and oxygen atoms in total. The van der Waals surface area contributed by atoms with Crippen LogP contribution < -0.4 is 4.74 Å². The molecule has 1 aliphatic rings. The highest BCUT2D eigenvalue weighted by atomic mass is 16.5. The summed E-state index contributed by atoms with van der Waals surface area (Å²) in [5.41, 5.74) is 4.48. The zero-order chi connectivity index (χ0) is 31.0. The minimum atomic E-state index is -0.418. The standard InChI is InChI=1S/C35H36N4O5/c1-3-34(40)43-24-10-5-4-9-23-42-31-18-13-27(14-19-31)35(41)44-32-20-15-29(16-21-32)37-39-33-22-17-30(25-26(33)2)38-36-28-11-7-6-8-12-28/h3,6-8,11-15,17-20,22,25H,1,4-5,9-10,16,21,23-24H2,2H3. The summed E-state index contributed by atoms with van der Waals surface area (Å²) in [6.45, 7) is 6.30. The first-order valence-corrected chi connectivity index (χ1v) is 14.6. The third kappa shape index (κ3) is 10.6. The van der Waals surface area contributed by atoms with Crippen molar-refractivity contribution >= 4 is 29.0 Å². The van der Waals surface area contributed by atoms with Crippen LogP contribution in [0.5, 0.6) is 5.75 Å². The number of allylic oxidation sites excluding steroid dienone is 4. The van der Waals surface area contributed by atoms with Gasteiger partial charge in [-0.15, -0.1) is 0 Å². The molecule has 3 aromatic carbocycles. The summed E-state index contributed by atoms with van der Waals surface area (Å²) < 4.78 is 16.3. The van der Waals surface area contributed by atoms with Gasteiger partial charge >= 0.3 is 11.9 Å². The van der Waals surface area contributed by atoms with E-state index in [9.17, 15) is 9.59 Å². The van der Waals surface area contributed by atoms with E-state index in [1.165, 1.54) is 6.08 Å². The highest BCUT2D eigenvalue weighted by Gasteiger charge is 2.14. The van der Waals surface area contributed by atoms with Crippen LogP contribution in [0, 0.1) is 6.92 Å². The predicted molar refractivity (Wildman–Crippen MR) is 169 cm³/mol. The molecule has 0 heterocycles. The minimum Gasteiger partial charge on any atom is -0.494 e. The van der Waals surface area contributed by atoms with Crippen LogP contribution in [-0.2, 0) is 14.3 Å². The highest BCUT2D eigenvalue weighted by molar-refractivity contribution is 5.90. The van der Waals surface area contributed by atoms with Crippen molar-refractivity contribution in [2.45, 2.75) is 45.4 Å². The molecule has 0 aromatic heterocycles. The number of hydrogen-bond donors (Lipinski definition) is 0. The lowest BCUT2D eigenvalue weighted by atomic mass is 10.1. The molecule has 3 aromatic rings. The van der Waals surface area contributed by atoms with E-state index in [-0.39, 0.29) is 0 Å². The Bertz CT molecular complexity index is 1540. The van der Waals surface area contributed by atoms with Crippen LogP contribution in [0.15, 0.2) is 130 Å². The van der Waals surface area contributed by atoms with E-state index in [0.29, 0.717) is 43.1 Å². The Kier molecular flexibility index (Phi) is 12.3. The van der Waals surface area contributed by atoms with Crippen LogP contribution in [0.2, 0.25) is 0 Å². The van der Waals surface area contributed by atoms with Gasteiger partial charge in [0.15, 0.2) is 0 Å². The molecule has 1 aliphatic carbocycles. The molecule has 0 aliphatic heterocycles. The maximum Gasteiger partial charge on any atom is 0.343 e. The number of carbonyl (C=O) groups is 2. The van der Waals surface area contributed by atoms with Crippen LogP contribution in [0.4, 0.5) is 17.1 Å². The Morgan fingerprint density at radius 3 is 2.25 bits per heavy atom. The number of esters is 2. The average molecular weight is 593 g/mol. The van der Waals surface area contributed by atoms with Crippen molar-refractivity contribution in [2.24, 2.45) is 20.5 Å². The van der Waals surface area contributed by atoms with Gasteiger partial charge in [-0.25, -0.2) is 9.59 Å². The van der Waals surface area contributed by atoms with E-state index in [0.717, 1.165) is 54.0 Å². The Morgan fingerprint density at radius 1 is 0.795 bits per heavy atom.